The highest BCUT2D eigenvalue weighted by Crippen LogP contribution is 2.33. The van der Waals surface area contributed by atoms with E-state index in [9.17, 15) is 0 Å². The van der Waals surface area contributed by atoms with Gasteiger partial charge in [-0.3, -0.25) is 0 Å². The molecule has 3 heteroatoms. The van der Waals surface area contributed by atoms with Gasteiger partial charge in [-0.1, -0.05) is 39.0 Å². The smallest absolute Gasteiger partial charge is 0.138 e. The third-order valence-corrected chi connectivity index (χ3v) is 4.08. The average Bonchev–Trinajstić information content (AvgIpc) is 2.85. The lowest BCUT2D eigenvalue weighted by molar-refractivity contribution is 0.183. The summed E-state index contributed by atoms with van der Waals surface area (Å²) in [6, 6.07) is 6.45. The summed E-state index contributed by atoms with van der Waals surface area (Å²) < 4.78 is 11.6. The molecule has 3 nitrogen and oxygen atoms in total. The van der Waals surface area contributed by atoms with E-state index in [0.717, 1.165) is 37.3 Å². The van der Waals surface area contributed by atoms with Crippen LogP contribution in [0.5, 0.6) is 0 Å². The SMILES string of the molecule is CCCNCc1oc2c(C(C)CC)cccc2c1COC. The Kier molecular flexibility index (Phi) is 5.83. The highest BCUT2D eigenvalue weighted by atomic mass is 16.5. The van der Waals surface area contributed by atoms with Crippen molar-refractivity contribution in [1.29, 1.82) is 0 Å². The molecule has 0 aliphatic carbocycles. The Bertz CT molecular complexity index is 574. The van der Waals surface area contributed by atoms with Crippen LogP contribution in [0.15, 0.2) is 22.6 Å². The van der Waals surface area contributed by atoms with Gasteiger partial charge in [-0.2, -0.15) is 0 Å². The van der Waals surface area contributed by atoms with E-state index in [-0.39, 0.29) is 0 Å². The minimum absolute atomic E-state index is 0.506. The lowest BCUT2D eigenvalue weighted by atomic mass is 9.96. The number of hydrogen-bond donors (Lipinski definition) is 1. The van der Waals surface area contributed by atoms with E-state index >= 15 is 0 Å². The van der Waals surface area contributed by atoms with E-state index in [1.54, 1.807) is 7.11 Å². The molecule has 1 N–H and O–H groups in total. The van der Waals surface area contributed by atoms with Crippen molar-refractivity contribution in [1.82, 2.24) is 5.32 Å². The van der Waals surface area contributed by atoms with Gasteiger partial charge in [0.25, 0.3) is 0 Å². The van der Waals surface area contributed by atoms with Crippen molar-refractivity contribution in [2.45, 2.75) is 52.7 Å². The predicted octanol–water partition coefficient (Wildman–Crippen LogP) is 4.59. The van der Waals surface area contributed by atoms with Crippen LogP contribution in [0.1, 0.15) is 56.4 Å². The summed E-state index contributed by atoms with van der Waals surface area (Å²) in [6.45, 7) is 9.00. The maximum absolute atomic E-state index is 6.21. The molecule has 0 spiro atoms. The number of benzene rings is 1. The van der Waals surface area contributed by atoms with Crippen LogP contribution in [-0.2, 0) is 17.9 Å². The molecule has 1 atom stereocenters. The summed E-state index contributed by atoms with van der Waals surface area (Å²) in [6.07, 6.45) is 2.24. The van der Waals surface area contributed by atoms with Crippen LogP contribution in [0.25, 0.3) is 11.0 Å². The van der Waals surface area contributed by atoms with Crippen LogP contribution >= 0.6 is 0 Å². The number of furan rings is 1. The van der Waals surface area contributed by atoms with Crippen molar-refractivity contribution in [2.75, 3.05) is 13.7 Å². The molecule has 1 unspecified atom stereocenters. The van der Waals surface area contributed by atoms with Crippen LogP contribution < -0.4 is 5.32 Å². The lowest BCUT2D eigenvalue weighted by Gasteiger charge is -2.09. The summed E-state index contributed by atoms with van der Waals surface area (Å²) in [4.78, 5) is 0. The van der Waals surface area contributed by atoms with E-state index in [1.165, 1.54) is 16.5 Å². The Balaban J connectivity index is 2.45. The van der Waals surface area contributed by atoms with Gasteiger partial charge < -0.3 is 14.5 Å². The summed E-state index contributed by atoms with van der Waals surface area (Å²) in [5.41, 5.74) is 3.52. The second-order valence-electron chi connectivity index (χ2n) is 5.65. The minimum Gasteiger partial charge on any atom is -0.459 e. The van der Waals surface area contributed by atoms with Crippen LogP contribution in [0, 0.1) is 0 Å². The first-order valence-electron chi connectivity index (χ1n) is 7.95. The minimum atomic E-state index is 0.506. The van der Waals surface area contributed by atoms with Gasteiger partial charge in [0.1, 0.15) is 11.3 Å². The van der Waals surface area contributed by atoms with Crippen molar-refractivity contribution < 1.29 is 9.15 Å². The molecule has 116 valence electrons. The summed E-state index contributed by atoms with van der Waals surface area (Å²) in [5.74, 6) is 1.52. The van der Waals surface area contributed by atoms with Crippen LogP contribution in [0.4, 0.5) is 0 Å². The Morgan fingerprint density at radius 2 is 2.10 bits per heavy atom. The fourth-order valence-corrected chi connectivity index (χ4v) is 2.67. The van der Waals surface area contributed by atoms with E-state index in [2.05, 4.69) is 44.3 Å². The number of fused-ring (bicyclic) bond motifs is 1. The van der Waals surface area contributed by atoms with Gasteiger partial charge >= 0.3 is 0 Å². The lowest BCUT2D eigenvalue weighted by Crippen LogP contribution is -2.14. The van der Waals surface area contributed by atoms with Gasteiger partial charge in [-0.15, -0.1) is 0 Å². The number of rotatable bonds is 8. The molecule has 0 bridgehead atoms. The zero-order valence-electron chi connectivity index (χ0n) is 13.7. The summed E-state index contributed by atoms with van der Waals surface area (Å²) in [7, 11) is 1.74. The first-order chi connectivity index (χ1) is 10.2. The van der Waals surface area contributed by atoms with E-state index in [0.29, 0.717) is 12.5 Å². The molecular weight excluding hydrogens is 262 g/mol. The Hall–Kier alpha value is -1.32. The molecule has 0 aliphatic rings. The predicted molar refractivity (Wildman–Crippen MR) is 87.6 cm³/mol. The monoisotopic (exact) mass is 289 g/mol. The molecule has 0 amide bonds. The van der Waals surface area contributed by atoms with E-state index in [1.807, 2.05) is 0 Å². The first kappa shape index (κ1) is 16.1. The van der Waals surface area contributed by atoms with E-state index < -0.39 is 0 Å². The molecule has 2 rings (SSSR count). The first-order valence-corrected chi connectivity index (χ1v) is 7.95. The number of nitrogens with one attached hydrogen (secondary N) is 1. The number of methoxy groups -OCH3 is 1. The quantitative estimate of drug-likeness (QED) is 0.722. The number of hydrogen-bond acceptors (Lipinski definition) is 3. The van der Waals surface area contributed by atoms with Gasteiger partial charge in [0.2, 0.25) is 0 Å². The zero-order chi connectivity index (χ0) is 15.2. The van der Waals surface area contributed by atoms with Crippen molar-refractivity contribution in [3.63, 3.8) is 0 Å². The van der Waals surface area contributed by atoms with Gasteiger partial charge in [-0.05, 0) is 30.9 Å². The van der Waals surface area contributed by atoms with Crippen molar-refractivity contribution in [3.05, 3.63) is 35.1 Å². The topological polar surface area (TPSA) is 34.4 Å². The Morgan fingerprint density at radius 1 is 1.29 bits per heavy atom. The van der Waals surface area contributed by atoms with E-state index in [4.69, 9.17) is 9.15 Å². The molecule has 1 heterocycles. The number of para-hydroxylation sites is 1. The fourth-order valence-electron chi connectivity index (χ4n) is 2.67. The summed E-state index contributed by atoms with van der Waals surface area (Å²) in [5, 5.41) is 4.62. The normalized spacial score (nSPS) is 13.0. The highest BCUT2D eigenvalue weighted by Gasteiger charge is 2.18. The second-order valence-corrected chi connectivity index (χ2v) is 5.65. The molecule has 0 radical (unpaired) electrons. The summed E-state index contributed by atoms with van der Waals surface area (Å²) >= 11 is 0. The van der Waals surface area contributed by atoms with Crippen molar-refractivity contribution in [3.8, 4) is 0 Å². The molecule has 1 aromatic heterocycles. The zero-order valence-corrected chi connectivity index (χ0v) is 13.7. The molecule has 0 aliphatic heterocycles. The largest absolute Gasteiger partial charge is 0.459 e. The Labute approximate surface area is 127 Å². The third-order valence-electron chi connectivity index (χ3n) is 4.08. The maximum atomic E-state index is 6.21. The van der Waals surface area contributed by atoms with Crippen molar-refractivity contribution in [2.24, 2.45) is 0 Å². The van der Waals surface area contributed by atoms with Crippen LogP contribution in [0.3, 0.4) is 0 Å². The Morgan fingerprint density at radius 3 is 2.76 bits per heavy atom. The molecular formula is C18H27NO2. The van der Waals surface area contributed by atoms with Gasteiger partial charge in [-0.25, -0.2) is 0 Å². The molecule has 0 fully saturated rings. The molecule has 0 saturated heterocycles. The maximum Gasteiger partial charge on any atom is 0.138 e. The van der Waals surface area contributed by atoms with Gasteiger partial charge in [0.15, 0.2) is 0 Å². The number of ether oxygens (including phenoxy) is 1. The molecule has 21 heavy (non-hydrogen) atoms. The van der Waals surface area contributed by atoms with Gasteiger partial charge in [0.05, 0.1) is 13.2 Å². The second kappa shape index (κ2) is 7.62. The molecule has 1 aromatic carbocycles. The van der Waals surface area contributed by atoms with Crippen molar-refractivity contribution >= 4 is 11.0 Å². The standard InChI is InChI=1S/C18H27NO2/c1-5-10-19-11-17-16(12-20-4)15-9-7-8-14(13(3)6-2)18(15)21-17/h7-9,13,19H,5-6,10-12H2,1-4H3. The van der Waals surface area contributed by atoms with Gasteiger partial charge in [0, 0.05) is 18.1 Å². The highest BCUT2D eigenvalue weighted by molar-refractivity contribution is 5.85. The third kappa shape index (κ3) is 3.47. The van der Waals surface area contributed by atoms with Crippen LogP contribution in [0.2, 0.25) is 0 Å². The van der Waals surface area contributed by atoms with Crippen LogP contribution in [-0.4, -0.2) is 13.7 Å². The molecule has 0 saturated carbocycles. The molecule has 2 aromatic rings. The fraction of sp³-hybridized carbons (Fsp3) is 0.556. The average molecular weight is 289 g/mol.